The first-order chi connectivity index (χ1) is 11.0. The highest BCUT2D eigenvalue weighted by Gasteiger charge is 2.34. The summed E-state index contributed by atoms with van der Waals surface area (Å²) < 4.78 is 5.94. The summed E-state index contributed by atoms with van der Waals surface area (Å²) in [5, 5.41) is 0. The van der Waals surface area contributed by atoms with Gasteiger partial charge in [-0.2, -0.15) is 0 Å². The van der Waals surface area contributed by atoms with Crippen LogP contribution >= 0.6 is 0 Å². The van der Waals surface area contributed by atoms with Crippen molar-refractivity contribution in [2.45, 2.75) is 45.3 Å². The highest BCUT2D eigenvalue weighted by molar-refractivity contribution is 5.79. The van der Waals surface area contributed by atoms with Crippen LogP contribution in [-0.2, 0) is 9.53 Å². The lowest BCUT2D eigenvalue weighted by Gasteiger charge is -2.34. The van der Waals surface area contributed by atoms with Gasteiger partial charge in [0, 0.05) is 26.2 Å². The number of ether oxygens (including phenoxy) is 1. The molecule has 0 spiro atoms. The summed E-state index contributed by atoms with van der Waals surface area (Å²) >= 11 is 0. The molecule has 1 heterocycles. The molecule has 0 aromatic heterocycles. The lowest BCUT2D eigenvalue weighted by molar-refractivity contribution is -0.144. The number of hydrogen-bond acceptors (Lipinski definition) is 3. The number of rotatable bonds is 6. The van der Waals surface area contributed by atoms with Crippen LogP contribution in [0.2, 0.25) is 0 Å². The minimum atomic E-state index is -0.126. The van der Waals surface area contributed by atoms with E-state index in [1.165, 1.54) is 0 Å². The Bertz CT molecular complexity index is 489. The highest BCUT2D eigenvalue weighted by atomic mass is 16.5. The maximum atomic E-state index is 12.9. The molecule has 4 heteroatoms. The molecule has 3 atom stereocenters. The van der Waals surface area contributed by atoms with Crippen LogP contribution in [0, 0.1) is 11.8 Å². The first-order valence-corrected chi connectivity index (χ1v) is 8.67. The molecule has 2 rings (SSSR count). The van der Waals surface area contributed by atoms with Gasteiger partial charge in [-0.15, -0.1) is 0 Å². The van der Waals surface area contributed by atoms with E-state index in [1.54, 1.807) is 0 Å². The van der Waals surface area contributed by atoms with E-state index in [0.29, 0.717) is 12.5 Å². The predicted octanol–water partition coefficient (Wildman–Crippen LogP) is 2.99. The van der Waals surface area contributed by atoms with Crippen LogP contribution in [0.5, 0.6) is 0 Å². The lowest BCUT2D eigenvalue weighted by atomic mass is 9.88. The number of benzene rings is 1. The molecule has 0 radical (unpaired) electrons. The van der Waals surface area contributed by atoms with Crippen molar-refractivity contribution >= 4 is 5.91 Å². The molecule has 1 fully saturated rings. The van der Waals surface area contributed by atoms with Gasteiger partial charge in [-0.05, 0) is 30.7 Å². The first kappa shape index (κ1) is 18.0. The molecule has 0 bridgehead atoms. The molecule has 4 nitrogen and oxygen atoms in total. The largest absolute Gasteiger partial charge is 0.373 e. The average Bonchev–Trinajstić information content (AvgIpc) is 2.59. The molecule has 1 saturated heterocycles. The fourth-order valence-corrected chi connectivity index (χ4v) is 3.07. The number of carbonyl (C=O) groups excluding carboxylic acids is 1. The molecule has 2 N–H and O–H groups in total. The Morgan fingerprint density at radius 2 is 2.04 bits per heavy atom. The van der Waals surface area contributed by atoms with Crippen LogP contribution < -0.4 is 5.73 Å². The van der Waals surface area contributed by atoms with Crippen molar-refractivity contribution in [2.75, 3.05) is 20.2 Å². The van der Waals surface area contributed by atoms with Crippen LogP contribution in [0.25, 0.3) is 0 Å². The van der Waals surface area contributed by atoms with E-state index >= 15 is 0 Å². The van der Waals surface area contributed by atoms with Crippen LogP contribution in [0.15, 0.2) is 30.3 Å². The Hall–Kier alpha value is -1.39. The molecule has 0 saturated carbocycles. The lowest BCUT2D eigenvalue weighted by Crippen LogP contribution is -2.41. The number of nitrogens with zero attached hydrogens (tertiary/aromatic N) is 1. The van der Waals surface area contributed by atoms with E-state index in [1.807, 2.05) is 42.3 Å². The Morgan fingerprint density at radius 3 is 2.70 bits per heavy atom. The number of hydrogen-bond donors (Lipinski definition) is 1. The monoisotopic (exact) mass is 318 g/mol. The molecule has 1 aromatic carbocycles. The molecular formula is C19H30N2O2. The van der Waals surface area contributed by atoms with Crippen molar-refractivity contribution in [1.82, 2.24) is 4.90 Å². The van der Waals surface area contributed by atoms with Gasteiger partial charge in [-0.1, -0.05) is 44.2 Å². The van der Waals surface area contributed by atoms with Crippen molar-refractivity contribution in [3.05, 3.63) is 35.9 Å². The first-order valence-electron chi connectivity index (χ1n) is 8.67. The third-order valence-corrected chi connectivity index (χ3v) is 4.80. The van der Waals surface area contributed by atoms with Crippen molar-refractivity contribution in [3.63, 3.8) is 0 Å². The number of carbonyl (C=O) groups is 1. The third-order valence-electron chi connectivity index (χ3n) is 4.80. The SMILES string of the molecule is CC(C)C(N)CCN(C)C(=O)C1CCCOC1c1ccccc1. The van der Waals surface area contributed by atoms with Gasteiger partial charge in [-0.25, -0.2) is 0 Å². The van der Waals surface area contributed by atoms with Gasteiger partial charge in [0.2, 0.25) is 5.91 Å². The quantitative estimate of drug-likeness (QED) is 0.877. The van der Waals surface area contributed by atoms with E-state index in [9.17, 15) is 4.79 Å². The minimum absolute atomic E-state index is 0.0913. The zero-order valence-corrected chi connectivity index (χ0v) is 14.6. The van der Waals surface area contributed by atoms with Gasteiger partial charge in [0.15, 0.2) is 0 Å². The van der Waals surface area contributed by atoms with Crippen LogP contribution in [0.4, 0.5) is 0 Å². The van der Waals surface area contributed by atoms with Gasteiger partial charge in [0.05, 0.1) is 12.0 Å². The van der Waals surface area contributed by atoms with Crippen LogP contribution in [-0.4, -0.2) is 37.0 Å². The van der Waals surface area contributed by atoms with E-state index in [-0.39, 0.29) is 24.0 Å². The predicted molar refractivity (Wildman–Crippen MR) is 92.9 cm³/mol. The van der Waals surface area contributed by atoms with Gasteiger partial charge < -0.3 is 15.4 Å². The van der Waals surface area contributed by atoms with Crippen molar-refractivity contribution in [2.24, 2.45) is 17.6 Å². The molecule has 1 aliphatic heterocycles. The second-order valence-corrected chi connectivity index (χ2v) is 6.91. The summed E-state index contributed by atoms with van der Waals surface area (Å²) in [5.74, 6) is 0.523. The summed E-state index contributed by atoms with van der Waals surface area (Å²) in [7, 11) is 1.88. The standard InChI is InChI=1S/C19H30N2O2/c1-14(2)17(20)11-12-21(3)19(22)16-10-7-13-23-18(16)15-8-5-4-6-9-15/h4-6,8-9,14,16-18H,7,10-13,20H2,1-3H3. The van der Waals surface area contributed by atoms with Crippen LogP contribution in [0.1, 0.15) is 44.8 Å². The minimum Gasteiger partial charge on any atom is -0.373 e. The van der Waals surface area contributed by atoms with E-state index in [4.69, 9.17) is 10.5 Å². The van der Waals surface area contributed by atoms with E-state index in [0.717, 1.165) is 31.4 Å². The summed E-state index contributed by atoms with van der Waals surface area (Å²) in [5.41, 5.74) is 7.19. The fraction of sp³-hybridized carbons (Fsp3) is 0.632. The summed E-state index contributed by atoms with van der Waals surface area (Å²) in [6.07, 6.45) is 2.54. The Kier molecular flexibility index (Phi) is 6.60. The van der Waals surface area contributed by atoms with Crippen molar-refractivity contribution < 1.29 is 9.53 Å². The zero-order chi connectivity index (χ0) is 16.8. The van der Waals surface area contributed by atoms with Gasteiger partial charge >= 0.3 is 0 Å². The van der Waals surface area contributed by atoms with E-state index in [2.05, 4.69) is 13.8 Å². The Morgan fingerprint density at radius 1 is 1.35 bits per heavy atom. The van der Waals surface area contributed by atoms with Crippen molar-refractivity contribution in [3.8, 4) is 0 Å². The maximum absolute atomic E-state index is 12.9. The van der Waals surface area contributed by atoms with Crippen molar-refractivity contribution in [1.29, 1.82) is 0 Å². The smallest absolute Gasteiger partial charge is 0.228 e. The molecule has 1 aromatic rings. The zero-order valence-electron chi connectivity index (χ0n) is 14.6. The normalized spacial score (nSPS) is 22.8. The fourth-order valence-electron chi connectivity index (χ4n) is 3.07. The van der Waals surface area contributed by atoms with Gasteiger partial charge in [0.25, 0.3) is 0 Å². The molecular weight excluding hydrogens is 288 g/mol. The summed E-state index contributed by atoms with van der Waals surface area (Å²) in [4.78, 5) is 14.7. The Labute approximate surface area is 140 Å². The van der Waals surface area contributed by atoms with Crippen LogP contribution in [0.3, 0.4) is 0 Å². The molecule has 3 unspecified atom stereocenters. The van der Waals surface area contributed by atoms with E-state index < -0.39 is 0 Å². The Balaban J connectivity index is 2.00. The highest BCUT2D eigenvalue weighted by Crippen LogP contribution is 2.34. The number of nitrogens with two attached hydrogens (primary N) is 1. The second-order valence-electron chi connectivity index (χ2n) is 6.91. The third kappa shape index (κ3) is 4.79. The topological polar surface area (TPSA) is 55.6 Å². The molecule has 0 aliphatic carbocycles. The molecule has 1 amide bonds. The average molecular weight is 318 g/mol. The molecule has 128 valence electrons. The van der Waals surface area contributed by atoms with Gasteiger partial charge in [0.1, 0.15) is 0 Å². The maximum Gasteiger partial charge on any atom is 0.228 e. The number of amides is 1. The van der Waals surface area contributed by atoms with Gasteiger partial charge in [-0.3, -0.25) is 4.79 Å². The summed E-state index contributed by atoms with van der Waals surface area (Å²) in [6.45, 7) is 5.67. The molecule has 1 aliphatic rings. The molecule has 23 heavy (non-hydrogen) atoms. The second kappa shape index (κ2) is 8.46. The summed E-state index contributed by atoms with van der Waals surface area (Å²) in [6, 6.07) is 10.2.